The van der Waals surface area contributed by atoms with Crippen molar-refractivity contribution in [2.24, 2.45) is 0 Å². The number of carbonyl (C=O) groups is 2. The monoisotopic (exact) mass is 297 g/mol. The number of hydrogen-bond acceptors (Lipinski definition) is 4. The van der Waals surface area contributed by atoms with Crippen molar-refractivity contribution < 1.29 is 14.7 Å². The number of nitrogens with one attached hydrogen (secondary N) is 1. The van der Waals surface area contributed by atoms with Crippen LogP contribution in [0.15, 0.2) is 24.7 Å². The smallest absolute Gasteiger partial charge is 0.354 e. The number of carbonyl (C=O) groups excluding carboxylic acids is 1. The molecule has 0 atom stereocenters. The number of nitrogens with zero attached hydrogens (tertiary/aromatic N) is 4. The topological polar surface area (TPSA) is 102 Å². The molecule has 0 saturated heterocycles. The van der Waals surface area contributed by atoms with E-state index >= 15 is 0 Å². The van der Waals surface area contributed by atoms with E-state index in [1.165, 1.54) is 18.5 Å². The number of rotatable bonds is 6. The van der Waals surface area contributed by atoms with Gasteiger partial charge in [-0.25, -0.2) is 9.48 Å². The van der Waals surface area contributed by atoms with Crippen LogP contribution in [0.1, 0.15) is 10.5 Å². The fourth-order valence-electron chi connectivity index (χ4n) is 1.60. The van der Waals surface area contributed by atoms with E-state index in [9.17, 15) is 9.59 Å². The molecule has 2 heterocycles. The first kappa shape index (κ1) is 14.1. The molecule has 0 unspecified atom stereocenters. The van der Waals surface area contributed by atoms with Gasteiger partial charge in [-0.3, -0.25) is 9.48 Å². The molecule has 2 aromatic heterocycles. The van der Waals surface area contributed by atoms with Crippen molar-refractivity contribution in [3.63, 3.8) is 0 Å². The van der Waals surface area contributed by atoms with Gasteiger partial charge in [-0.15, -0.1) is 0 Å². The highest BCUT2D eigenvalue weighted by Gasteiger charge is 2.12. The molecular formula is C11H12ClN5O3. The van der Waals surface area contributed by atoms with Crippen LogP contribution in [-0.2, 0) is 17.9 Å². The van der Waals surface area contributed by atoms with Crippen molar-refractivity contribution in [1.29, 1.82) is 0 Å². The van der Waals surface area contributed by atoms with Gasteiger partial charge in [-0.1, -0.05) is 11.6 Å². The zero-order chi connectivity index (χ0) is 14.5. The minimum atomic E-state index is -1.12. The van der Waals surface area contributed by atoms with Gasteiger partial charge in [-0.05, 0) is 6.07 Å². The number of halogens is 1. The molecule has 2 N–H and O–H groups in total. The van der Waals surface area contributed by atoms with Gasteiger partial charge in [0.15, 0.2) is 0 Å². The van der Waals surface area contributed by atoms with Crippen LogP contribution in [0.3, 0.4) is 0 Å². The van der Waals surface area contributed by atoms with E-state index in [-0.39, 0.29) is 18.1 Å². The van der Waals surface area contributed by atoms with Gasteiger partial charge < -0.3 is 10.4 Å². The molecular weight excluding hydrogens is 286 g/mol. The maximum absolute atomic E-state index is 11.7. The van der Waals surface area contributed by atoms with Gasteiger partial charge in [-0.2, -0.15) is 10.2 Å². The third kappa shape index (κ3) is 3.58. The fourth-order valence-corrected chi connectivity index (χ4v) is 1.76. The first-order valence-corrected chi connectivity index (χ1v) is 6.14. The minimum Gasteiger partial charge on any atom is -0.477 e. The predicted molar refractivity (Wildman–Crippen MR) is 69.4 cm³/mol. The van der Waals surface area contributed by atoms with E-state index < -0.39 is 5.97 Å². The maximum atomic E-state index is 11.7. The molecule has 0 bridgehead atoms. The van der Waals surface area contributed by atoms with E-state index in [0.29, 0.717) is 18.1 Å². The second-order valence-electron chi connectivity index (χ2n) is 3.95. The van der Waals surface area contributed by atoms with Gasteiger partial charge in [0.05, 0.1) is 17.8 Å². The second kappa shape index (κ2) is 6.20. The second-order valence-corrected chi connectivity index (χ2v) is 4.39. The molecule has 20 heavy (non-hydrogen) atoms. The summed E-state index contributed by atoms with van der Waals surface area (Å²) in [4.78, 5) is 22.5. The highest BCUT2D eigenvalue weighted by Crippen LogP contribution is 2.03. The lowest BCUT2D eigenvalue weighted by atomic mass is 10.4. The molecule has 0 aromatic carbocycles. The Kier molecular flexibility index (Phi) is 4.36. The van der Waals surface area contributed by atoms with Gasteiger partial charge in [0.2, 0.25) is 5.91 Å². The number of carboxylic acid groups (broad SMARTS) is 1. The quantitative estimate of drug-likeness (QED) is 0.795. The van der Waals surface area contributed by atoms with Crippen LogP contribution >= 0.6 is 11.6 Å². The van der Waals surface area contributed by atoms with E-state index in [1.54, 1.807) is 10.9 Å². The van der Waals surface area contributed by atoms with Crippen LogP contribution < -0.4 is 5.32 Å². The number of aromatic nitrogens is 4. The molecule has 0 aliphatic carbocycles. The first-order chi connectivity index (χ1) is 9.56. The Morgan fingerprint density at radius 2 is 2.20 bits per heavy atom. The SMILES string of the molecule is O=C(Cn1nccc1C(=O)O)NCCn1cc(Cl)cn1. The van der Waals surface area contributed by atoms with E-state index in [2.05, 4.69) is 15.5 Å². The highest BCUT2D eigenvalue weighted by atomic mass is 35.5. The summed E-state index contributed by atoms with van der Waals surface area (Å²) in [6, 6.07) is 1.33. The Morgan fingerprint density at radius 1 is 1.40 bits per heavy atom. The van der Waals surface area contributed by atoms with E-state index in [0.717, 1.165) is 4.68 Å². The molecule has 0 radical (unpaired) electrons. The molecule has 106 valence electrons. The van der Waals surface area contributed by atoms with Crippen molar-refractivity contribution in [2.45, 2.75) is 13.1 Å². The predicted octanol–water partition coefficient (Wildman–Crippen LogP) is 0.248. The Balaban J connectivity index is 1.80. The summed E-state index contributed by atoms with van der Waals surface area (Å²) in [6.45, 7) is 0.693. The Hall–Kier alpha value is -2.35. The van der Waals surface area contributed by atoms with Gasteiger partial charge in [0.25, 0.3) is 0 Å². The van der Waals surface area contributed by atoms with E-state index in [1.807, 2.05) is 0 Å². The van der Waals surface area contributed by atoms with Crippen LogP contribution in [-0.4, -0.2) is 43.1 Å². The Bertz CT molecular complexity index is 621. The fraction of sp³-hybridized carbons (Fsp3) is 0.273. The molecule has 0 aliphatic heterocycles. The Labute approximate surface area is 118 Å². The summed E-state index contributed by atoms with van der Waals surface area (Å²) >= 11 is 5.71. The van der Waals surface area contributed by atoms with E-state index in [4.69, 9.17) is 16.7 Å². The Morgan fingerprint density at radius 3 is 2.85 bits per heavy atom. The zero-order valence-electron chi connectivity index (χ0n) is 10.4. The van der Waals surface area contributed by atoms with Crippen LogP contribution in [0.2, 0.25) is 5.02 Å². The lowest BCUT2D eigenvalue weighted by Crippen LogP contribution is -2.31. The van der Waals surface area contributed by atoms with Crippen LogP contribution in [0, 0.1) is 0 Å². The molecule has 0 fully saturated rings. The van der Waals surface area contributed by atoms with Crippen LogP contribution in [0.4, 0.5) is 0 Å². The third-order valence-corrected chi connectivity index (χ3v) is 2.69. The standard InChI is InChI=1S/C11H12ClN5O3/c12-8-5-15-16(6-8)4-3-13-10(18)7-17-9(11(19)20)1-2-14-17/h1-2,5-6H,3-4,7H2,(H,13,18)(H,19,20). The lowest BCUT2D eigenvalue weighted by molar-refractivity contribution is -0.121. The van der Waals surface area contributed by atoms with Gasteiger partial charge >= 0.3 is 5.97 Å². The molecule has 0 spiro atoms. The molecule has 8 nitrogen and oxygen atoms in total. The van der Waals surface area contributed by atoms with Gasteiger partial charge in [0.1, 0.15) is 12.2 Å². The van der Waals surface area contributed by atoms with Crippen LogP contribution in [0.25, 0.3) is 0 Å². The van der Waals surface area contributed by atoms with Crippen molar-refractivity contribution >= 4 is 23.5 Å². The lowest BCUT2D eigenvalue weighted by Gasteiger charge is -2.06. The largest absolute Gasteiger partial charge is 0.477 e. The highest BCUT2D eigenvalue weighted by molar-refractivity contribution is 6.30. The molecule has 2 aromatic rings. The number of amides is 1. The molecule has 0 aliphatic rings. The summed E-state index contributed by atoms with van der Waals surface area (Å²) in [5.74, 6) is -1.45. The summed E-state index contributed by atoms with van der Waals surface area (Å²) in [5.41, 5.74) is -0.0287. The van der Waals surface area contributed by atoms with Gasteiger partial charge in [0, 0.05) is 18.9 Å². The number of hydrogen-bond donors (Lipinski definition) is 2. The molecule has 9 heteroatoms. The number of aromatic carboxylic acids is 1. The average Bonchev–Trinajstić information content (AvgIpc) is 2.98. The average molecular weight is 298 g/mol. The summed E-state index contributed by atoms with van der Waals surface area (Å²) in [6.07, 6.45) is 4.48. The first-order valence-electron chi connectivity index (χ1n) is 5.76. The normalized spacial score (nSPS) is 10.4. The van der Waals surface area contributed by atoms with Crippen LogP contribution in [0.5, 0.6) is 0 Å². The third-order valence-electron chi connectivity index (χ3n) is 2.49. The zero-order valence-corrected chi connectivity index (χ0v) is 11.1. The maximum Gasteiger partial charge on any atom is 0.354 e. The number of carboxylic acids is 1. The van der Waals surface area contributed by atoms with Crippen molar-refractivity contribution in [3.05, 3.63) is 35.4 Å². The van der Waals surface area contributed by atoms with Crippen molar-refractivity contribution in [1.82, 2.24) is 24.9 Å². The molecule has 0 saturated carbocycles. The summed E-state index contributed by atoms with van der Waals surface area (Å²) < 4.78 is 2.72. The summed E-state index contributed by atoms with van der Waals surface area (Å²) in [7, 11) is 0. The van der Waals surface area contributed by atoms with Crippen molar-refractivity contribution in [3.8, 4) is 0 Å². The molecule has 2 rings (SSSR count). The summed E-state index contributed by atoms with van der Waals surface area (Å²) in [5, 5.41) is 19.8. The molecule has 1 amide bonds. The minimum absolute atomic E-state index is 0.0287. The van der Waals surface area contributed by atoms with Crippen molar-refractivity contribution in [2.75, 3.05) is 6.54 Å².